The molecule has 2 fully saturated rings. The van der Waals surface area contributed by atoms with Gasteiger partial charge in [-0.05, 0) is 73.8 Å². The van der Waals surface area contributed by atoms with Crippen molar-refractivity contribution in [1.82, 2.24) is 25.0 Å². The maximum atomic E-state index is 12.6. The van der Waals surface area contributed by atoms with Crippen LogP contribution in [0.2, 0.25) is 0 Å². The molecule has 0 aliphatic carbocycles. The summed E-state index contributed by atoms with van der Waals surface area (Å²) < 4.78 is 6.08. The number of furan rings is 1. The van der Waals surface area contributed by atoms with Gasteiger partial charge in [-0.2, -0.15) is 0 Å². The SMILES string of the molecule is Cc1ccc(-c2nc(NC(=O)N3CCC(N4CCCCC4)CC3)nnc2Br)o1. The third kappa shape index (κ3) is 4.35. The maximum absolute atomic E-state index is 12.6. The van der Waals surface area contributed by atoms with Crippen molar-refractivity contribution in [3.8, 4) is 11.5 Å². The Balaban J connectivity index is 1.36. The van der Waals surface area contributed by atoms with Crippen molar-refractivity contribution in [2.75, 3.05) is 31.5 Å². The van der Waals surface area contributed by atoms with E-state index in [1.54, 1.807) is 0 Å². The van der Waals surface area contributed by atoms with E-state index in [1.807, 2.05) is 24.0 Å². The zero-order valence-electron chi connectivity index (χ0n) is 16.0. The highest BCUT2D eigenvalue weighted by atomic mass is 79.9. The van der Waals surface area contributed by atoms with E-state index in [0.717, 1.165) is 31.7 Å². The third-order valence-corrected chi connectivity index (χ3v) is 6.03. The molecule has 0 saturated carbocycles. The van der Waals surface area contributed by atoms with Gasteiger partial charge in [0.15, 0.2) is 10.4 Å². The van der Waals surface area contributed by atoms with Crippen molar-refractivity contribution in [3.05, 3.63) is 22.5 Å². The molecule has 4 heterocycles. The highest BCUT2D eigenvalue weighted by molar-refractivity contribution is 9.10. The second-order valence-electron chi connectivity index (χ2n) is 7.43. The molecule has 28 heavy (non-hydrogen) atoms. The van der Waals surface area contributed by atoms with E-state index in [4.69, 9.17) is 4.42 Å². The molecule has 0 radical (unpaired) electrons. The molecule has 0 unspecified atom stereocenters. The van der Waals surface area contributed by atoms with E-state index >= 15 is 0 Å². The molecule has 0 spiro atoms. The number of halogens is 1. The van der Waals surface area contributed by atoms with Crippen LogP contribution in [0.1, 0.15) is 37.9 Å². The molecule has 2 aromatic heterocycles. The first-order valence-corrected chi connectivity index (χ1v) is 10.7. The number of aryl methyl sites for hydroxylation is 1. The Morgan fingerprint density at radius 3 is 2.57 bits per heavy atom. The largest absolute Gasteiger partial charge is 0.460 e. The molecule has 0 atom stereocenters. The predicted octanol–water partition coefficient (Wildman–Crippen LogP) is 3.68. The Morgan fingerprint density at radius 1 is 1.14 bits per heavy atom. The van der Waals surface area contributed by atoms with Crippen molar-refractivity contribution < 1.29 is 9.21 Å². The minimum Gasteiger partial charge on any atom is -0.460 e. The van der Waals surface area contributed by atoms with Crippen LogP contribution in [0.15, 0.2) is 21.2 Å². The number of carbonyl (C=O) groups excluding carboxylic acids is 1. The molecule has 1 N–H and O–H groups in total. The summed E-state index contributed by atoms with van der Waals surface area (Å²) in [7, 11) is 0. The molecule has 2 saturated heterocycles. The fourth-order valence-electron chi connectivity index (χ4n) is 3.98. The lowest BCUT2D eigenvalue weighted by Crippen LogP contribution is -2.49. The van der Waals surface area contributed by atoms with Crippen molar-refractivity contribution in [3.63, 3.8) is 0 Å². The first-order chi connectivity index (χ1) is 13.6. The Hall–Kier alpha value is -2.00. The monoisotopic (exact) mass is 448 g/mol. The lowest BCUT2D eigenvalue weighted by Gasteiger charge is -2.40. The van der Waals surface area contributed by atoms with Crippen LogP contribution >= 0.6 is 15.9 Å². The zero-order valence-corrected chi connectivity index (χ0v) is 17.6. The molecule has 0 bridgehead atoms. The minimum absolute atomic E-state index is 0.176. The van der Waals surface area contributed by atoms with Crippen LogP contribution in [0, 0.1) is 6.92 Å². The van der Waals surface area contributed by atoms with Crippen LogP contribution in [-0.2, 0) is 0 Å². The Labute approximate surface area is 172 Å². The normalized spacial score (nSPS) is 19.0. The lowest BCUT2D eigenvalue weighted by molar-refractivity contribution is 0.104. The number of likely N-dealkylation sites (tertiary alicyclic amines) is 2. The van der Waals surface area contributed by atoms with Crippen LogP contribution in [-0.4, -0.2) is 63.2 Å². The molecule has 0 aromatic carbocycles. The van der Waals surface area contributed by atoms with Gasteiger partial charge in [-0.25, -0.2) is 9.78 Å². The first kappa shape index (κ1) is 19.3. The number of urea groups is 1. The van der Waals surface area contributed by atoms with Crippen molar-refractivity contribution in [2.24, 2.45) is 0 Å². The highest BCUT2D eigenvalue weighted by Crippen LogP contribution is 2.27. The summed E-state index contributed by atoms with van der Waals surface area (Å²) in [5.74, 6) is 1.54. The second kappa shape index (κ2) is 8.57. The topological polar surface area (TPSA) is 87.4 Å². The fourth-order valence-corrected chi connectivity index (χ4v) is 4.34. The Morgan fingerprint density at radius 2 is 1.89 bits per heavy atom. The van der Waals surface area contributed by atoms with Crippen LogP contribution in [0.4, 0.5) is 10.7 Å². The summed E-state index contributed by atoms with van der Waals surface area (Å²) in [6.07, 6.45) is 5.98. The third-order valence-electron chi connectivity index (χ3n) is 5.50. The average molecular weight is 449 g/mol. The van der Waals surface area contributed by atoms with E-state index in [1.165, 1.54) is 32.4 Å². The van der Waals surface area contributed by atoms with E-state index in [2.05, 4.69) is 41.3 Å². The van der Waals surface area contributed by atoms with E-state index in [0.29, 0.717) is 22.1 Å². The van der Waals surface area contributed by atoms with E-state index in [-0.39, 0.29) is 12.0 Å². The molecule has 2 amide bonds. The minimum atomic E-state index is -0.178. The molecule has 8 nitrogen and oxygen atoms in total. The number of nitrogens with one attached hydrogen (secondary N) is 1. The molecule has 4 rings (SSSR count). The number of hydrogen-bond acceptors (Lipinski definition) is 6. The quantitative estimate of drug-likeness (QED) is 0.769. The zero-order chi connectivity index (χ0) is 19.5. The van der Waals surface area contributed by atoms with Gasteiger partial charge < -0.3 is 14.2 Å². The Bertz CT molecular complexity index is 828. The summed E-state index contributed by atoms with van der Waals surface area (Å²) in [5.41, 5.74) is 0.516. The summed E-state index contributed by atoms with van der Waals surface area (Å²) in [5, 5.41) is 10.8. The van der Waals surface area contributed by atoms with Gasteiger partial charge >= 0.3 is 6.03 Å². The fraction of sp³-hybridized carbons (Fsp3) is 0.579. The molecule has 9 heteroatoms. The molecule has 150 valence electrons. The van der Waals surface area contributed by atoms with Gasteiger partial charge in [0, 0.05) is 19.1 Å². The molecule has 2 aromatic rings. The number of rotatable bonds is 3. The number of anilines is 1. The van der Waals surface area contributed by atoms with Crippen molar-refractivity contribution >= 4 is 27.9 Å². The van der Waals surface area contributed by atoms with Gasteiger partial charge in [0.25, 0.3) is 5.95 Å². The lowest BCUT2D eigenvalue weighted by atomic mass is 10.0. The van der Waals surface area contributed by atoms with Gasteiger partial charge in [0.05, 0.1) is 0 Å². The summed E-state index contributed by atoms with van der Waals surface area (Å²) in [4.78, 5) is 21.5. The van der Waals surface area contributed by atoms with Crippen molar-refractivity contribution in [2.45, 2.75) is 45.1 Å². The van der Waals surface area contributed by atoms with E-state index < -0.39 is 0 Å². The predicted molar refractivity (Wildman–Crippen MR) is 109 cm³/mol. The summed E-state index contributed by atoms with van der Waals surface area (Å²) in [6.45, 7) is 5.76. The van der Waals surface area contributed by atoms with Crippen LogP contribution in [0.5, 0.6) is 0 Å². The van der Waals surface area contributed by atoms with Crippen LogP contribution in [0.25, 0.3) is 11.5 Å². The number of aromatic nitrogens is 3. The highest BCUT2D eigenvalue weighted by Gasteiger charge is 2.28. The molecule has 2 aliphatic rings. The second-order valence-corrected chi connectivity index (χ2v) is 8.18. The number of piperidine rings is 2. The van der Waals surface area contributed by atoms with Crippen LogP contribution < -0.4 is 5.32 Å². The van der Waals surface area contributed by atoms with Gasteiger partial charge in [-0.3, -0.25) is 5.32 Å². The van der Waals surface area contributed by atoms with Gasteiger partial charge in [0.1, 0.15) is 11.5 Å². The average Bonchev–Trinajstić information content (AvgIpc) is 3.16. The van der Waals surface area contributed by atoms with E-state index in [9.17, 15) is 4.79 Å². The number of amides is 2. The number of hydrogen-bond donors (Lipinski definition) is 1. The number of carbonyl (C=O) groups is 1. The maximum Gasteiger partial charge on any atom is 0.324 e. The first-order valence-electron chi connectivity index (χ1n) is 9.87. The Kier molecular flexibility index (Phi) is 5.91. The van der Waals surface area contributed by atoms with Crippen molar-refractivity contribution in [1.29, 1.82) is 0 Å². The van der Waals surface area contributed by atoms with Gasteiger partial charge in [0.2, 0.25) is 0 Å². The molecular weight excluding hydrogens is 424 g/mol. The molecule has 2 aliphatic heterocycles. The summed E-state index contributed by atoms with van der Waals surface area (Å²) in [6, 6.07) is 4.10. The van der Waals surface area contributed by atoms with Crippen LogP contribution in [0.3, 0.4) is 0 Å². The summed E-state index contributed by atoms with van der Waals surface area (Å²) >= 11 is 3.34. The van der Waals surface area contributed by atoms with Gasteiger partial charge in [-0.1, -0.05) is 6.42 Å². The smallest absolute Gasteiger partial charge is 0.324 e. The standard InChI is InChI=1S/C19H25BrN6O2/c1-13-5-6-15(28-13)16-17(20)23-24-18(21-16)22-19(27)26-11-7-14(8-12-26)25-9-3-2-4-10-25/h5-6,14H,2-4,7-12H2,1H3,(H,21,22,24,27). The molecular formula is C19H25BrN6O2. The number of nitrogens with zero attached hydrogens (tertiary/aromatic N) is 5. The van der Waals surface area contributed by atoms with Gasteiger partial charge in [-0.15, -0.1) is 10.2 Å².